The van der Waals surface area contributed by atoms with Gasteiger partial charge in [-0.05, 0) is 17.9 Å². The fourth-order valence-electron chi connectivity index (χ4n) is 1.07. The molecule has 0 spiro atoms. The summed E-state index contributed by atoms with van der Waals surface area (Å²) < 4.78 is 41.9. The lowest BCUT2D eigenvalue weighted by molar-refractivity contribution is 0.485. The number of halogens is 3. The monoisotopic (exact) mass is 249 g/mol. The zero-order valence-corrected chi connectivity index (χ0v) is 9.83. The van der Waals surface area contributed by atoms with E-state index in [4.69, 9.17) is 4.42 Å². The summed E-state index contributed by atoms with van der Waals surface area (Å²) in [5.41, 5.74) is -0.646. The molecule has 0 N–H and O–H groups in total. The van der Waals surface area contributed by atoms with Crippen LogP contribution in [0.25, 0.3) is 0 Å². The largest absolute Gasteiger partial charge is 0.505 e. The molecule has 0 atom stereocenters. The van der Waals surface area contributed by atoms with E-state index in [1.54, 1.807) is 6.07 Å². The first kappa shape index (κ1) is 13.3. The van der Waals surface area contributed by atoms with E-state index in [2.05, 4.69) is 6.58 Å². The highest BCUT2D eigenvalue weighted by atomic mass is 32.2. The fourth-order valence-corrected chi connectivity index (χ4v) is 1.98. The van der Waals surface area contributed by atoms with Gasteiger partial charge in [0, 0.05) is 6.42 Å². The number of hydrogen-bond donors (Lipinski definition) is 0. The van der Waals surface area contributed by atoms with Crippen LogP contribution in [0.15, 0.2) is 28.6 Å². The molecule has 0 unspecified atom stereocenters. The average molecular weight is 249 g/mol. The maximum absolute atomic E-state index is 12.2. The van der Waals surface area contributed by atoms with Crippen LogP contribution in [0.1, 0.15) is 18.4 Å². The lowest BCUT2D eigenvalue weighted by Crippen LogP contribution is -2.20. The van der Waals surface area contributed by atoms with E-state index < -0.39 is 12.4 Å². The minimum atomic E-state index is -4.90. The third-order valence-corrected chi connectivity index (χ3v) is 3.12. The van der Waals surface area contributed by atoms with Crippen LogP contribution in [0.4, 0.5) is 12.9 Å². The summed E-state index contributed by atoms with van der Waals surface area (Å²) in [5, 5.41) is 0. The first-order valence-corrected chi connectivity index (χ1v) is 6.12. The minimum Gasteiger partial charge on any atom is -0.465 e. The normalized spacial score (nSPS) is 11.8. The Morgan fingerprint density at radius 1 is 1.38 bits per heavy atom. The Bertz CT molecular complexity index is 359. The van der Waals surface area contributed by atoms with Crippen molar-refractivity contribution >= 4 is 18.7 Å². The molecule has 0 aliphatic heterocycles. The Morgan fingerprint density at radius 3 is 2.50 bits per heavy atom. The Kier molecular flexibility index (Phi) is 4.59. The molecule has 0 fully saturated rings. The van der Waals surface area contributed by atoms with Crippen molar-refractivity contribution in [3.63, 3.8) is 0 Å². The minimum absolute atomic E-state index is 0.0916. The van der Waals surface area contributed by atoms with Crippen LogP contribution in [0.3, 0.4) is 0 Å². The second-order valence-electron chi connectivity index (χ2n) is 3.45. The maximum atomic E-state index is 12.2. The first-order chi connectivity index (χ1) is 7.43. The number of furan rings is 1. The number of rotatable bonds is 6. The summed E-state index contributed by atoms with van der Waals surface area (Å²) in [7, 11) is 0. The molecule has 0 amide bonds. The van der Waals surface area contributed by atoms with Gasteiger partial charge in [-0.15, -0.1) is 12.1 Å². The van der Waals surface area contributed by atoms with Crippen molar-refractivity contribution in [1.82, 2.24) is 0 Å². The van der Waals surface area contributed by atoms with Crippen molar-refractivity contribution < 1.29 is 17.4 Å². The van der Waals surface area contributed by atoms with Gasteiger partial charge in [0.15, 0.2) is 0 Å². The van der Waals surface area contributed by atoms with Gasteiger partial charge in [-0.1, -0.05) is 6.92 Å². The van der Waals surface area contributed by atoms with Gasteiger partial charge in [0.05, 0.1) is 5.75 Å². The van der Waals surface area contributed by atoms with E-state index in [0.29, 0.717) is 11.5 Å². The second kappa shape index (κ2) is 5.52. The van der Waals surface area contributed by atoms with Crippen LogP contribution < -0.4 is 0 Å². The topological polar surface area (TPSA) is 13.1 Å². The van der Waals surface area contributed by atoms with Crippen molar-refractivity contribution in [2.24, 2.45) is 0 Å². The third-order valence-electron chi connectivity index (χ3n) is 2.06. The molecule has 1 aromatic rings. The molecule has 16 heavy (non-hydrogen) atoms. The summed E-state index contributed by atoms with van der Waals surface area (Å²) in [6.45, 7) is 0.0932. The van der Waals surface area contributed by atoms with E-state index in [9.17, 15) is 12.9 Å². The third kappa shape index (κ3) is 4.00. The van der Waals surface area contributed by atoms with Gasteiger partial charge in [0.25, 0.3) is 0 Å². The highest BCUT2D eigenvalue weighted by molar-refractivity contribution is 7.98. The summed E-state index contributed by atoms with van der Waals surface area (Å²) in [5.74, 6) is 1.93. The Labute approximate surface area is 97.2 Å². The van der Waals surface area contributed by atoms with Crippen molar-refractivity contribution in [1.29, 1.82) is 0 Å². The highest BCUT2D eigenvalue weighted by Crippen LogP contribution is 2.24. The molecule has 1 aromatic heterocycles. The van der Waals surface area contributed by atoms with Crippen molar-refractivity contribution in [3.8, 4) is 0 Å². The van der Waals surface area contributed by atoms with Gasteiger partial charge in [0.1, 0.15) is 11.5 Å². The van der Waals surface area contributed by atoms with Gasteiger partial charge in [0.2, 0.25) is 0 Å². The molecule has 0 saturated carbocycles. The quantitative estimate of drug-likeness (QED) is 0.706. The number of aryl methyl sites for hydroxylation is 1. The van der Waals surface area contributed by atoms with Crippen molar-refractivity contribution in [2.45, 2.75) is 19.1 Å². The molecule has 0 saturated heterocycles. The summed E-state index contributed by atoms with van der Waals surface area (Å²) >= 11 is 1.17. The molecule has 0 bridgehead atoms. The molecular formula is C10H13BF3OS-. The first-order valence-electron chi connectivity index (χ1n) is 4.96. The standard InChI is InChI=1S/C10H13BF3OS/c1-3-9-4-5-10(15-9)7-16-6-8(2)11(12,13)14/h4-5H,2-3,6-7H2,1H3/q-1. The number of thioether (sulfide) groups is 1. The van der Waals surface area contributed by atoms with Gasteiger partial charge in [-0.3, -0.25) is 0 Å². The van der Waals surface area contributed by atoms with Gasteiger partial charge in [-0.25, -0.2) is 0 Å². The predicted molar refractivity (Wildman–Crippen MR) is 62.5 cm³/mol. The van der Waals surface area contributed by atoms with Crippen molar-refractivity contribution in [3.05, 3.63) is 35.7 Å². The Morgan fingerprint density at radius 2 is 2.00 bits per heavy atom. The Hall–Kier alpha value is -0.775. The summed E-state index contributed by atoms with van der Waals surface area (Å²) in [6, 6.07) is 3.64. The molecule has 0 aromatic carbocycles. The van der Waals surface area contributed by atoms with Crippen LogP contribution in [0, 0.1) is 0 Å². The van der Waals surface area contributed by atoms with Crippen molar-refractivity contribution in [2.75, 3.05) is 5.75 Å². The molecule has 1 rings (SSSR count). The van der Waals surface area contributed by atoms with Gasteiger partial charge < -0.3 is 17.4 Å². The van der Waals surface area contributed by atoms with E-state index in [1.165, 1.54) is 11.8 Å². The van der Waals surface area contributed by atoms with Gasteiger partial charge >= 0.3 is 6.98 Å². The molecule has 0 aliphatic carbocycles. The molecular weight excluding hydrogens is 236 g/mol. The zero-order valence-electron chi connectivity index (χ0n) is 9.01. The predicted octanol–water partition coefficient (Wildman–Crippen LogP) is 4.02. The van der Waals surface area contributed by atoms with E-state index in [1.807, 2.05) is 13.0 Å². The summed E-state index contributed by atoms with van der Waals surface area (Å²) in [4.78, 5) is 0. The molecule has 0 aliphatic rings. The van der Waals surface area contributed by atoms with E-state index >= 15 is 0 Å². The average Bonchev–Trinajstić information content (AvgIpc) is 2.64. The zero-order chi connectivity index (χ0) is 12.2. The lowest BCUT2D eigenvalue weighted by atomic mass is 9.82. The van der Waals surface area contributed by atoms with E-state index in [-0.39, 0.29) is 5.75 Å². The Balaban J connectivity index is 2.33. The second-order valence-corrected chi connectivity index (χ2v) is 4.43. The van der Waals surface area contributed by atoms with Gasteiger partial charge in [-0.2, -0.15) is 11.8 Å². The van der Waals surface area contributed by atoms with Crippen LogP contribution in [-0.4, -0.2) is 12.7 Å². The molecule has 1 nitrogen and oxygen atoms in total. The fraction of sp³-hybridized carbons (Fsp3) is 0.400. The van der Waals surface area contributed by atoms with Crippen LogP contribution in [0.2, 0.25) is 0 Å². The molecule has 0 radical (unpaired) electrons. The lowest BCUT2D eigenvalue weighted by Gasteiger charge is -2.16. The molecule has 1 heterocycles. The van der Waals surface area contributed by atoms with Crippen LogP contribution in [0.5, 0.6) is 0 Å². The number of hydrogen-bond acceptors (Lipinski definition) is 2. The highest BCUT2D eigenvalue weighted by Gasteiger charge is 2.26. The maximum Gasteiger partial charge on any atom is 0.505 e. The molecule has 90 valence electrons. The van der Waals surface area contributed by atoms with Crippen LogP contribution in [-0.2, 0) is 12.2 Å². The van der Waals surface area contributed by atoms with Crippen LogP contribution >= 0.6 is 11.8 Å². The smallest absolute Gasteiger partial charge is 0.465 e. The van der Waals surface area contributed by atoms with E-state index in [0.717, 1.165) is 12.2 Å². The summed E-state index contributed by atoms with van der Waals surface area (Å²) in [6.07, 6.45) is 0.795. The SMILES string of the molecule is C=C(CSCc1ccc(CC)o1)[B-](F)(F)F. The molecule has 6 heteroatoms.